The molecule has 25 heavy (non-hydrogen) atoms. The summed E-state index contributed by atoms with van der Waals surface area (Å²) in [5, 5.41) is 5.70. The quantitative estimate of drug-likeness (QED) is 0.856. The molecule has 0 radical (unpaired) electrons. The summed E-state index contributed by atoms with van der Waals surface area (Å²) >= 11 is 1.79. The van der Waals surface area contributed by atoms with Gasteiger partial charge in [0, 0.05) is 23.5 Å². The van der Waals surface area contributed by atoms with Crippen molar-refractivity contribution in [3.63, 3.8) is 0 Å². The highest BCUT2D eigenvalue weighted by molar-refractivity contribution is 7.10. The summed E-state index contributed by atoms with van der Waals surface area (Å²) in [6, 6.07) is 4.50. The number of hydrogen-bond acceptors (Lipinski definition) is 3. The Kier molecular flexibility index (Phi) is 4.16. The Morgan fingerprint density at radius 3 is 2.32 bits per heavy atom. The van der Waals surface area contributed by atoms with Crippen LogP contribution in [0.5, 0.6) is 0 Å². The van der Waals surface area contributed by atoms with Crippen molar-refractivity contribution in [1.29, 1.82) is 0 Å². The van der Waals surface area contributed by atoms with Gasteiger partial charge in [-0.3, -0.25) is 4.79 Å². The molecule has 0 spiro atoms. The number of rotatable bonds is 4. The van der Waals surface area contributed by atoms with Crippen molar-refractivity contribution in [2.45, 2.75) is 57.4 Å². The predicted octanol–water partition coefficient (Wildman–Crippen LogP) is 4.55. The van der Waals surface area contributed by atoms with Gasteiger partial charge in [-0.05, 0) is 86.5 Å². The van der Waals surface area contributed by atoms with E-state index in [1.54, 1.807) is 11.3 Å². The third-order valence-electron chi connectivity index (χ3n) is 7.39. The summed E-state index contributed by atoms with van der Waals surface area (Å²) < 4.78 is 5.56. The van der Waals surface area contributed by atoms with Crippen molar-refractivity contribution in [3.8, 4) is 0 Å². The molecule has 1 aromatic rings. The number of carbonyl (C=O) groups is 1. The minimum Gasteiger partial charge on any atom is -0.381 e. The highest BCUT2D eigenvalue weighted by Crippen LogP contribution is 2.60. The molecule has 1 aromatic heterocycles. The minimum atomic E-state index is -0.0462. The lowest BCUT2D eigenvalue weighted by Gasteiger charge is -2.56. The summed E-state index contributed by atoms with van der Waals surface area (Å²) in [5.74, 6) is 3.35. The van der Waals surface area contributed by atoms with Gasteiger partial charge in [-0.1, -0.05) is 6.07 Å². The molecule has 1 unspecified atom stereocenters. The summed E-state index contributed by atoms with van der Waals surface area (Å²) in [6.45, 7) is 1.67. The van der Waals surface area contributed by atoms with Gasteiger partial charge in [0.25, 0.3) is 0 Å². The number of ether oxygens (including phenoxy) is 1. The number of hydrogen-bond donors (Lipinski definition) is 1. The van der Waals surface area contributed by atoms with Crippen molar-refractivity contribution in [2.75, 3.05) is 13.2 Å². The Balaban J connectivity index is 1.37. The van der Waals surface area contributed by atoms with E-state index in [-0.39, 0.29) is 11.5 Å². The molecule has 4 bridgehead atoms. The molecule has 2 heterocycles. The van der Waals surface area contributed by atoms with Crippen LogP contribution in [-0.4, -0.2) is 19.1 Å². The maximum absolute atomic E-state index is 13.5. The van der Waals surface area contributed by atoms with E-state index in [9.17, 15) is 4.79 Å². The summed E-state index contributed by atoms with van der Waals surface area (Å²) in [4.78, 5) is 14.8. The van der Waals surface area contributed by atoms with Crippen LogP contribution in [-0.2, 0) is 9.53 Å². The fourth-order valence-corrected chi connectivity index (χ4v) is 7.49. The molecule has 5 aliphatic rings. The fraction of sp³-hybridized carbons (Fsp3) is 0.762. The van der Waals surface area contributed by atoms with Gasteiger partial charge in [-0.15, -0.1) is 11.3 Å². The average Bonchev–Trinajstić information content (AvgIpc) is 3.13. The van der Waals surface area contributed by atoms with Gasteiger partial charge >= 0.3 is 0 Å². The first-order valence-electron chi connectivity index (χ1n) is 10.1. The molecule has 1 saturated heterocycles. The highest BCUT2D eigenvalue weighted by atomic mass is 32.1. The topological polar surface area (TPSA) is 38.3 Å². The molecule has 1 N–H and O–H groups in total. The van der Waals surface area contributed by atoms with Gasteiger partial charge in [0.1, 0.15) is 0 Å². The molecular formula is C21H29NO2S. The molecule has 136 valence electrons. The lowest BCUT2D eigenvalue weighted by atomic mass is 9.49. The SMILES string of the molecule is O=C(NC(c1cccs1)C1CCOCC1)C12CC3CC(CC(C3)C1)C2. The lowest BCUT2D eigenvalue weighted by Crippen LogP contribution is -2.54. The Morgan fingerprint density at radius 1 is 1.12 bits per heavy atom. The van der Waals surface area contributed by atoms with Crippen LogP contribution >= 0.6 is 11.3 Å². The normalized spacial score (nSPS) is 38.6. The number of nitrogens with one attached hydrogen (secondary N) is 1. The molecule has 1 amide bonds. The maximum atomic E-state index is 13.5. The first-order chi connectivity index (χ1) is 12.2. The smallest absolute Gasteiger partial charge is 0.226 e. The number of thiophene rings is 1. The van der Waals surface area contributed by atoms with Gasteiger partial charge in [0.2, 0.25) is 5.91 Å². The molecule has 1 atom stereocenters. The molecular weight excluding hydrogens is 330 g/mol. The third kappa shape index (κ3) is 2.95. The van der Waals surface area contributed by atoms with E-state index in [0.29, 0.717) is 11.8 Å². The van der Waals surface area contributed by atoms with Gasteiger partial charge in [-0.2, -0.15) is 0 Å². The van der Waals surface area contributed by atoms with E-state index in [2.05, 4.69) is 22.8 Å². The third-order valence-corrected chi connectivity index (χ3v) is 8.35. The zero-order valence-electron chi connectivity index (χ0n) is 14.9. The molecule has 4 saturated carbocycles. The molecule has 1 aliphatic heterocycles. The Labute approximate surface area is 154 Å². The molecule has 0 aromatic carbocycles. The Hall–Kier alpha value is -0.870. The zero-order valence-corrected chi connectivity index (χ0v) is 15.7. The van der Waals surface area contributed by atoms with Crippen molar-refractivity contribution in [1.82, 2.24) is 5.32 Å². The van der Waals surface area contributed by atoms with Gasteiger partial charge in [0.15, 0.2) is 0 Å². The van der Waals surface area contributed by atoms with Crippen LogP contribution in [0.1, 0.15) is 62.3 Å². The van der Waals surface area contributed by atoms with Crippen LogP contribution in [0.4, 0.5) is 0 Å². The molecule has 3 nitrogen and oxygen atoms in total. The second-order valence-corrected chi connectivity index (χ2v) is 10.1. The summed E-state index contributed by atoms with van der Waals surface area (Å²) in [7, 11) is 0. The monoisotopic (exact) mass is 359 g/mol. The maximum Gasteiger partial charge on any atom is 0.226 e. The fourth-order valence-electron chi connectivity index (χ4n) is 6.62. The van der Waals surface area contributed by atoms with E-state index < -0.39 is 0 Å². The van der Waals surface area contributed by atoms with Gasteiger partial charge in [0.05, 0.1) is 6.04 Å². The van der Waals surface area contributed by atoms with Crippen LogP contribution in [0.25, 0.3) is 0 Å². The van der Waals surface area contributed by atoms with Crippen LogP contribution in [0.2, 0.25) is 0 Å². The average molecular weight is 360 g/mol. The minimum absolute atomic E-state index is 0.0462. The zero-order chi connectivity index (χ0) is 16.9. The van der Waals surface area contributed by atoms with Crippen LogP contribution < -0.4 is 5.32 Å². The number of carbonyl (C=O) groups excluding carboxylic acids is 1. The summed E-state index contributed by atoms with van der Waals surface area (Å²) in [6.07, 6.45) is 9.73. The van der Waals surface area contributed by atoms with Gasteiger partial charge in [-0.25, -0.2) is 0 Å². The van der Waals surface area contributed by atoms with Crippen molar-refractivity contribution in [3.05, 3.63) is 22.4 Å². The Bertz CT molecular complexity index is 585. The second-order valence-electron chi connectivity index (χ2n) is 9.11. The van der Waals surface area contributed by atoms with Crippen LogP contribution in [0.15, 0.2) is 17.5 Å². The first-order valence-corrected chi connectivity index (χ1v) is 11.0. The Morgan fingerprint density at radius 2 is 1.76 bits per heavy atom. The van der Waals surface area contributed by atoms with E-state index in [4.69, 9.17) is 4.74 Å². The van der Waals surface area contributed by atoms with E-state index in [1.807, 2.05) is 0 Å². The van der Waals surface area contributed by atoms with Crippen molar-refractivity contribution < 1.29 is 9.53 Å². The van der Waals surface area contributed by atoms with Crippen molar-refractivity contribution in [2.24, 2.45) is 29.1 Å². The predicted molar refractivity (Wildman–Crippen MR) is 99.4 cm³/mol. The molecule has 6 rings (SSSR count). The first kappa shape index (κ1) is 16.3. The molecule has 5 fully saturated rings. The van der Waals surface area contributed by atoms with E-state index in [1.165, 1.54) is 24.1 Å². The standard InChI is InChI=1S/C21H29NO2S/c23-20(21-11-14-8-15(12-21)10-16(9-14)13-21)22-19(18-2-1-7-25-18)17-3-5-24-6-4-17/h1-2,7,14-17,19H,3-6,8-13H2,(H,22,23). The van der Waals surface area contributed by atoms with Crippen LogP contribution in [0, 0.1) is 29.1 Å². The summed E-state index contributed by atoms with van der Waals surface area (Å²) in [5.41, 5.74) is -0.0462. The molecule has 4 aliphatic carbocycles. The second kappa shape index (κ2) is 6.38. The van der Waals surface area contributed by atoms with E-state index in [0.717, 1.165) is 63.1 Å². The van der Waals surface area contributed by atoms with Crippen molar-refractivity contribution >= 4 is 17.2 Å². The van der Waals surface area contributed by atoms with Crippen LogP contribution in [0.3, 0.4) is 0 Å². The van der Waals surface area contributed by atoms with E-state index >= 15 is 0 Å². The number of amides is 1. The van der Waals surface area contributed by atoms with Gasteiger partial charge < -0.3 is 10.1 Å². The molecule has 4 heteroatoms. The highest BCUT2D eigenvalue weighted by Gasteiger charge is 2.55. The largest absolute Gasteiger partial charge is 0.381 e. The lowest BCUT2D eigenvalue weighted by molar-refractivity contribution is -0.147.